The van der Waals surface area contributed by atoms with Gasteiger partial charge in [-0.15, -0.1) is 0 Å². The van der Waals surface area contributed by atoms with E-state index in [-0.39, 0.29) is 38.2 Å². The van der Waals surface area contributed by atoms with Crippen molar-refractivity contribution in [1.29, 1.82) is 0 Å². The van der Waals surface area contributed by atoms with Gasteiger partial charge in [0.05, 0.1) is 27.7 Å². The lowest BCUT2D eigenvalue weighted by molar-refractivity contribution is -0.870. The van der Waals surface area contributed by atoms with Gasteiger partial charge in [-0.2, -0.15) is 0 Å². The van der Waals surface area contributed by atoms with Gasteiger partial charge in [0.25, 0.3) is 0 Å². The Bertz CT molecular complexity index is 839. The third-order valence-corrected chi connectivity index (χ3v) is 10.7. The summed E-state index contributed by atoms with van der Waals surface area (Å²) in [4.78, 5) is 25.1. The number of carbonyl (C=O) groups excluding carboxylic acids is 2. The number of quaternary nitrogens is 1. The summed E-state index contributed by atoms with van der Waals surface area (Å²) in [7, 11) is 5.97. The minimum atomic E-state index is -3.89. The number of likely N-dealkylation sites (N-methyl/N-ethyl adjacent to an activating group) is 1. The zero-order valence-corrected chi connectivity index (χ0v) is 35.0. The highest BCUT2D eigenvalue weighted by Gasteiger charge is 2.27. The Kier molecular flexibility index (Phi) is 33.7. The number of esters is 2. The van der Waals surface area contributed by atoms with E-state index in [0.717, 1.165) is 38.5 Å². The standard InChI is InChI=1S/C40H80ClNO7P/c1-6-8-10-12-14-16-18-20-22-24-26-28-30-32-39(43)46-36-38(37-48-50(41,45)47-35-34-42(3,4)5)49-40(44)33-31-29-27-25-23-21-19-17-15-13-11-9-7-2/h38H,6-37H2,1-5H3/q+1/t38-,50?/m1/s1. The highest BCUT2D eigenvalue weighted by atomic mass is 35.7. The maximum atomic E-state index is 12.7. The van der Waals surface area contributed by atoms with E-state index in [2.05, 4.69) is 13.8 Å². The van der Waals surface area contributed by atoms with E-state index >= 15 is 0 Å². The van der Waals surface area contributed by atoms with Crippen LogP contribution in [0.15, 0.2) is 0 Å². The number of nitrogens with zero attached hydrogens (tertiary/aromatic N) is 1. The summed E-state index contributed by atoms with van der Waals surface area (Å²) in [5.74, 6) is -0.719. The largest absolute Gasteiger partial charge is 0.462 e. The highest BCUT2D eigenvalue weighted by molar-refractivity contribution is 7.81. The zero-order chi connectivity index (χ0) is 37.2. The van der Waals surface area contributed by atoms with E-state index in [9.17, 15) is 14.2 Å². The Labute approximate surface area is 313 Å². The predicted octanol–water partition coefficient (Wildman–Crippen LogP) is 12.5. The summed E-state index contributed by atoms with van der Waals surface area (Å²) in [5.41, 5.74) is 0. The molecular weight excluding hydrogens is 673 g/mol. The SMILES string of the molecule is CCCCCCCCCCCCCCCC(=O)OC[C@H](COP(=O)(Cl)OCC[N+](C)(C)C)OC(=O)CCCCCCCCCCCCCCC. The minimum absolute atomic E-state index is 0.155. The second kappa shape index (κ2) is 34.1. The number of carbonyl (C=O) groups is 2. The van der Waals surface area contributed by atoms with Crippen LogP contribution in [0.25, 0.3) is 0 Å². The molecule has 0 aromatic rings. The normalized spacial score (nSPS) is 13.6. The number of unbranched alkanes of at least 4 members (excludes halogenated alkanes) is 24. The highest BCUT2D eigenvalue weighted by Crippen LogP contribution is 2.53. The van der Waals surface area contributed by atoms with Gasteiger partial charge in [-0.3, -0.25) is 18.6 Å². The first-order valence-corrected chi connectivity index (χ1v) is 23.2. The lowest BCUT2D eigenvalue weighted by Gasteiger charge is -2.24. The van der Waals surface area contributed by atoms with Crippen LogP contribution in [0.4, 0.5) is 0 Å². The van der Waals surface area contributed by atoms with Crippen molar-refractivity contribution in [2.45, 2.75) is 200 Å². The molecule has 0 aliphatic rings. The number of ether oxygens (including phenoxy) is 2. The van der Waals surface area contributed by atoms with E-state index in [1.54, 1.807) is 0 Å². The molecule has 10 heteroatoms. The molecule has 0 aromatic carbocycles. The summed E-state index contributed by atoms with van der Waals surface area (Å²) in [6.07, 6.45) is 31.8. The van der Waals surface area contributed by atoms with Gasteiger partial charge in [0.15, 0.2) is 6.10 Å². The van der Waals surface area contributed by atoms with Crippen LogP contribution in [0.1, 0.15) is 194 Å². The topological polar surface area (TPSA) is 88.1 Å². The predicted molar refractivity (Wildman–Crippen MR) is 210 cm³/mol. The second-order valence-electron chi connectivity index (χ2n) is 15.4. The average Bonchev–Trinajstić information content (AvgIpc) is 3.06. The second-order valence-corrected chi connectivity index (χ2v) is 18.0. The van der Waals surface area contributed by atoms with E-state index in [4.69, 9.17) is 29.8 Å². The van der Waals surface area contributed by atoms with E-state index < -0.39 is 13.1 Å². The molecule has 0 N–H and O–H groups in total. The van der Waals surface area contributed by atoms with Gasteiger partial charge >= 0.3 is 18.9 Å². The summed E-state index contributed by atoms with van der Waals surface area (Å²) in [5, 5.41) is 0. The van der Waals surface area contributed by atoms with Crippen molar-refractivity contribution < 1.29 is 37.2 Å². The van der Waals surface area contributed by atoms with E-state index in [1.165, 1.54) is 128 Å². The Morgan fingerprint density at radius 2 is 0.900 bits per heavy atom. The van der Waals surface area contributed by atoms with Crippen LogP contribution in [0, 0.1) is 0 Å². The molecule has 0 bridgehead atoms. The summed E-state index contributed by atoms with van der Waals surface area (Å²) in [6, 6.07) is 0. The molecule has 0 heterocycles. The van der Waals surface area contributed by atoms with Crippen molar-refractivity contribution in [3.05, 3.63) is 0 Å². The number of rotatable bonds is 38. The van der Waals surface area contributed by atoms with E-state index in [0.29, 0.717) is 17.4 Å². The summed E-state index contributed by atoms with van der Waals surface area (Å²) < 4.78 is 35.0. The van der Waals surface area contributed by atoms with Crippen molar-refractivity contribution in [3.8, 4) is 0 Å². The van der Waals surface area contributed by atoms with Crippen molar-refractivity contribution in [3.63, 3.8) is 0 Å². The molecule has 2 atom stereocenters. The molecule has 0 saturated heterocycles. The van der Waals surface area contributed by atoms with Gasteiger partial charge < -0.3 is 14.0 Å². The quantitative estimate of drug-likeness (QED) is 0.0268. The first-order valence-electron chi connectivity index (χ1n) is 20.7. The molecule has 0 spiro atoms. The maximum absolute atomic E-state index is 12.7. The minimum Gasteiger partial charge on any atom is -0.462 e. The van der Waals surface area contributed by atoms with Crippen molar-refractivity contribution >= 4 is 30.1 Å². The molecule has 0 aliphatic carbocycles. The smallest absolute Gasteiger partial charge is 0.424 e. The molecule has 0 radical (unpaired) electrons. The van der Waals surface area contributed by atoms with Crippen LogP contribution in [-0.2, 0) is 32.7 Å². The molecule has 0 fully saturated rings. The maximum Gasteiger partial charge on any atom is 0.424 e. The van der Waals surface area contributed by atoms with Gasteiger partial charge in [0, 0.05) is 24.1 Å². The van der Waals surface area contributed by atoms with Crippen LogP contribution < -0.4 is 0 Å². The molecule has 0 aliphatic heterocycles. The fourth-order valence-corrected chi connectivity index (χ4v) is 6.92. The molecular formula is C40H80ClNO7P+. The molecule has 8 nitrogen and oxygen atoms in total. The lowest BCUT2D eigenvalue weighted by atomic mass is 10.0. The van der Waals surface area contributed by atoms with Crippen LogP contribution in [0.3, 0.4) is 0 Å². The Morgan fingerprint density at radius 3 is 1.28 bits per heavy atom. The summed E-state index contributed by atoms with van der Waals surface area (Å²) in [6.45, 7) is 0.921. The Hall–Kier alpha value is -0.660. The first-order chi connectivity index (χ1) is 24.0. The fraction of sp³-hybridized carbons (Fsp3) is 0.950. The Balaban J connectivity index is 4.36. The van der Waals surface area contributed by atoms with Crippen molar-refractivity contribution in [2.75, 3.05) is 47.5 Å². The number of hydrogen-bond donors (Lipinski definition) is 0. The van der Waals surface area contributed by atoms with Gasteiger partial charge in [-0.1, -0.05) is 168 Å². The lowest BCUT2D eigenvalue weighted by Crippen LogP contribution is -2.37. The van der Waals surface area contributed by atoms with Gasteiger partial charge in [0.2, 0.25) is 0 Å². The molecule has 0 rings (SSSR count). The fourth-order valence-electron chi connectivity index (χ4n) is 5.83. The molecule has 0 aromatic heterocycles. The zero-order valence-electron chi connectivity index (χ0n) is 33.3. The molecule has 1 unspecified atom stereocenters. The van der Waals surface area contributed by atoms with Crippen LogP contribution in [0.2, 0.25) is 0 Å². The average molecular weight is 754 g/mol. The number of hydrogen-bond acceptors (Lipinski definition) is 7. The van der Waals surface area contributed by atoms with Gasteiger partial charge in [0.1, 0.15) is 19.8 Å². The molecule has 298 valence electrons. The van der Waals surface area contributed by atoms with Gasteiger partial charge in [-0.25, -0.2) is 4.57 Å². The monoisotopic (exact) mass is 753 g/mol. The van der Waals surface area contributed by atoms with Crippen LogP contribution in [-0.4, -0.2) is 70.0 Å². The first kappa shape index (κ1) is 49.3. The molecule has 0 amide bonds. The Morgan fingerprint density at radius 1 is 0.540 bits per heavy atom. The molecule has 50 heavy (non-hydrogen) atoms. The third-order valence-electron chi connectivity index (χ3n) is 9.12. The van der Waals surface area contributed by atoms with Crippen molar-refractivity contribution in [1.82, 2.24) is 0 Å². The summed E-state index contributed by atoms with van der Waals surface area (Å²) >= 11 is 6.03. The van der Waals surface area contributed by atoms with Crippen LogP contribution >= 0.6 is 18.2 Å². The van der Waals surface area contributed by atoms with Gasteiger partial charge in [-0.05, 0) is 12.8 Å². The van der Waals surface area contributed by atoms with E-state index in [1.807, 2.05) is 21.1 Å². The molecule has 0 saturated carbocycles. The third kappa shape index (κ3) is 37.1. The van der Waals surface area contributed by atoms with Crippen LogP contribution in [0.5, 0.6) is 0 Å². The van der Waals surface area contributed by atoms with Crippen molar-refractivity contribution in [2.24, 2.45) is 0 Å². The number of halogens is 1.